The van der Waals surface area contributed by atoms with Crippen LogP contribution in [-0.4, -0.2) is 44.1 Å². The fourth-order valence-electron chi connectivity index (χ4n) is 4.32. The van der Waals surface area contributed by atoms with Crippen molar-refractivity contribution < 1.29 is 9.47 Å². The molecule has 174 valence electrons. The summed E-state index contributed by atoms with van der Waals surface area (Å²) >= 11 is 6.32. The minimum Gasteiger partial charge on any atom is -0.365 e. The standard InChI is InChI=1S/C26H21ClN6O2/c1-15-10-19(12-21(27)29-15)23-24(18-5-3-4-17(11-18)13-28)32-33-9-6-22(31-25(23)33)30-16(2)20-14-34-26(35-20)7-8-26/h3-12,16,20H,14H2,1-2H3,(H,30,31)/t16-,20-/m1/s1. The highest BCUT2D eigenvalue weighted by molar-refractivity contribution is 6.29. The number of pyridine rings is 1. The molecule has 6 rings (SSSR count). The van der Waals surface area contributed by atoms with Crippen LogP contribution in [0.25, 0.3) is 28.0 Å². The molecule has 0 bridgehead atoms. The molecule has 2 atom stereocenters. The molecule has 35 heavy (non-hydrogen) atoms. The SMILES string of the molecule is Cc1cc(-c2c(-c3cccc(C#N)c3)nn3ccc(N[C@H](C)[C@H]4COC5(C=C5)O4)nc23)cc(Cl)n1. The zero-order valence-electron chi connectivity index (χ0n) is 19.1. The zero-order chi connectivity index (χ0) is 24.2. The van der Waals surface area contributed by atoms with Crippen molar-refractivity contribution in [1.29, 1.82) is 5.26 Å². The number of nitrogens with one attached hydrogen (secondary N) is 1. The molecular weight excluding hydrogens is 464 g/mol. The van der Waals surface area contributed by atoms with Crippen LogP contribution in [0.4, 0.5) is 5.82 Å². The number of halogens is 1. The van der Waals surface area contributed by atoms with Crippen LogP contribution in [-0.2, 0) is 9.47 Å². The molecule has 9 heteroatoms. The molecule has 4 heterocycles. The van der Waals surface area contributed by atoms with Gasteiger partial charge in [-0.25, -0.2) is 14.5 Å². The minimum absolute atomic E-state index is 0.0255. The number of aryl methyl sites for hydroxylation is 1. The molecule has 4 aromatic rings. The average molecular weight is 485 g/mol. The number of aromatic nitrogens is 4. The van der Waals surface area contributed by atoms with Crippen LogP contribution in [0.1, 0.15) is 18.2 Å². The lowest BCUT2D eigenvalue weighted by Crippen LogP contribution is -2.33. The first-order chi connectivity index (χ1) is 16.9. The van der Waals surface area contributed by atoms with Crippen molar-refractivity contribution in [3.63, 3.8) is 0 Å². The number of benzene rings is 1. The van der Waals surface area contributed by atoms with Crippen molar-refractivity contribution in [2.45, 2.75) is 31.8 Å². The Balaban J connectivity index is 1.44. The second-order valence-corrected chi connectivity index (χ2v) is 9.16. The molecule has 1 aromatic carbocycles. The van der Waals surface area contributed by atoms with Crippen LogP contribution < -0.4 is 5.32 Å². The van der Waals surface area contributed by atoms with Crippen molar-refractivity contribution in [3.05, 3.63) is 77.2 Å². The van der Waals surface area contributed by atoms with E-state index >= 15 is 0 Å². The van der Waals surface area contributed by atoms with Gasteiger partial charge in [0.05, 0.1) is 29.8 Å². The monoisotopic (exact) mass is 484 g/mol. The third-order valence-corrected chi connectivity index (χ3v) is 6.34. The van der Waals surface area contributed by atoms with Crippen molar-refractivity contribution in [3.8, 4) is 28.5 Å². The van der Waals surface area contributed by atoms with E-state index in [-0.39, 0.29) is 12.1 Å². The Kier molecular flexibility index (Phi) is 5.07. The highest BCUT2D eigenvalue weighted by atomic mass is 35.5. The molecule has 1 N–H and O–H groups in total. The molecule has 1 spiro atoms. The lowest BCUT2D eigenvalue weighted by Gasteiger charge is -2.20. The average Bonchev–Trinajstić information content (AvgIpc) is 3.30. The number of fused-ring (bicyclic) bond motifs is 1. The Morgan fingerprint density at radius 1 is 1.20 bits per heavy atom. The number of anilines is 1. The largest absolute Gasteiger partial charge is 0.365 e. The van der Waals surface area contributed by atoms with E-state index in [4.69, 9.17) is 31.2 Å². The third kappa shape index (κ3) is 4.04. The number of nitriles is 1. The Bertz CT molecular complexity index is 1510. The maximum Gasteiger partial charge on any atom is 0.208 e. The fraction of sp³-hybridized carbons (Fsp3) is 0.231. The van der Waals surface area contributed by atoms with Crippen LogP contribution in [0.2, 0.25) is 5.15 Å². The quantitative estimate of drug-likeness (QED) is 0.321. The molecule has 0 amide bonds. The molecule has 8 nitrogen and oxygen atoms in total. The Hall–Kier alpha value is -3.77. The Morgan fingerprint density at radius 3 is 2.80 bits per heavy atom. The zero-order valence-corrected chi connectivity index (χ0v) is 19.8. The second kappa shape index (κ2) is 8.17. The van der Waals surface area contributed by atoms with Crippen LogP contribution in [0.15, 0.2) is 60.8 Å². The summed E-state index contributed by atoms with van der Waals surface area (Å²) in [4.78, 5) is 9.22. The van der Waals surface area contributed by atoms with E-state index in [9.17, 15) is 5.26 Å². The van der Waals surface area contributed by atoms with Gasteiger partial charge in [0.15, 0.2) is 5.65 Å². The smallest absolute Gasteiger partial charge is 0.208 e. The molecule has 1 saturated heterocycles. The third-order valence-electron chi connectivity index (χ3n) is 6.14. The summed E-state index contributed by atoms with van der Waals surface area (Å²) in [6.07, 6.45) is 5.59. The first-order valence-corrected chi connectivity index (χ1v) is 11.6. The fourth-order valence-corrected chi connectivity index (χ4v) is 4.57. The van der Waals surface area contributed by atoms with E-state index in [1.54, 1.807) is 16.6 Å². The van der Waals surface area contributed by atoms with E-state index in [1.165, 1.54) is 0 Å². The number of hydrogen-bond donors (Lipinski definition) is 1. The molecule has 1 aliphatic carbocycles. The van der Waals surface area contributed by atoms with Crippen molar-refractivity contribution in [2.75, 3.05) is 11.9 Å². The lowest BCUT2D eigenvalue weighted by atomic mass is 10.00. The summed E-state index contributed by atoms with van der Waals surface area (Å²) in [6, 6.07) is 15.2. The highest BCUT2D eigenvalue weighted by Crippen LogP contribution is 2.38. The normalized spacial score (nSPS) is 18.6. The number of hydrogen-bond acceptors (Lipinski definition) is 7. The van der Waals surface area contributed by atoms with Gasteiger partial charge in [0.2, 0.25) is 5.79 Å². The second-order valence-electron chi connectivity index (χ2n) is 8.77. The molecular formula is C26H21ClN6O2. The van der Waals surface area contributed by atoms with Gasteiger partial charge in [-0.3, -0.25) is 0 Å². The summed E-state index contributed by atoms with van der Waals surface area (Å²) in [5, 5.41) is 18.1. The van der Waals surface area contributed by atoms with E-state index in [2.05, 4.69) is 16.4 Å². The first-order valence-electron chi connectivity index (χ1n) is 11.3. The van der Waals surface area contributed by atoms with E-state index in [1.807, 2.05) is 62.5 Å². The maximum atomic E-state index is 9.41. The van der Waals surface area contributed by atoms with Gasteiger partial charge in [0.1, 0.15) is 22.8 Å². The van der Waals surface area contributed by atoms with Crippen LogP contribution >= 0.6 is 11.6 Å². The van der Waals surface area contributed by atoms with Gasteiger partial charge >= 0.3 is 0 Å². The molecule has 1 aliphatic heterocycles. The maximum absolute atomic E-state index is 9.41. The van der Waals surface area contributed by atoms with Gasteiger partial charge < -0.3 is 14.8 Å². The van der Waals surface area contributed by atoms with Gasteiger partial charge in [-0.05, 0) is 61.9 Å². The summed E-state index contributed by atoms with van der Waals surface area (Å²) in [5.74, 6) is 0.0933. The van der Waals surface area contributed by atoms with Crippen molar-refractivity contribution >= 4 is 23.1 Å². The van der Waals surface area contributed by atoms with Gasteiger partial charge in [-0.2, -0.15) is 10.4 Å². The number of ether oxygens (including phenoxy) is 2. The predicted molar refractivity (Wildman–Crippen MR) is 132 cm³/mol. The van der Waals surface area contributed by atoms with Crippen molar-refractivity contribution in [2.24, 2.45) is 0 Å². The number of rotatable bonds is 5. The lowest BCUT2D eigenvalue weighted by molar-refractivity contribution is -0.0619. The molecule has 3 aromatic heterocycles. The van der Waals surface area contributed by atoms with Crippen LogP contribution in [0.3, 0.4) is 0 Å². The van der Waals surface area contributed by atoms with Crippen LogP contribution in [0, 0.1) is 18.3 Å². The summed E-state index contributed by atoms with van der Waals surface area (Å²) < 4.78 is 13.4. The van der Waals surface area contributed by atoms with Crippen molar-refractivity contribution in [1.82, 2.24) is 19.6 Å². The van der Waals surface area contributed by atoms with Gasteiger partial charge in [0.25, 0.3) is 0 Å². The summed E-state index contributed by atoms with van der Waals surface area (Å²) in [5.41, 5.74) is 5.18. The topological polar surface area (TPSA) is 97.4 Å². The first kappa shape index (κ1) is 21.7. The Labute approximate surface area is 206 Å². The summed E-state index contributed by atoms with van der Waals surface area (Å²) in [6.45, 7) is 4.45. The molecule has 0 saturated carbocycles. The minimum atomic E-state index is -0.595. The van der Waals surface area contributed by atoms with E-state index in [0.717, 1.165) is 22.4 Å². The van der Waals surface area contributed by atoms with Gasteiger partial charge in [-0.1, -0.05) is 23.7 Å². The molecule has 1 fully saturated rings. The molecule has 2 aliphatic rings. The highest BCUT2D eigenvalue weighted by Gasteiger charge is 2.46. The van der Waals surface area contributed by atoms with Crippen LogP contribution in [0.5, 0.6) is 0 Å². The predicted octanol–water partition coefficient (Wildman–Crippen LogP) is 4.77. The summed E-state index contributed by atoms with van der Waals surface area (Å²) in [7, 11) is 0. The molecule has 0 unspecified atom stereocenters. The van der Waals surface area contributed by atoms with Gasteiger partial charge in [0, 0.05) is 17.5 Å². The van der Waals surface area contributed by atoms with E-state index in [0.29, 0.717) is 34.5 Å². The molecule has 0 radical (unpaired) electrons. The van der Waals surface area contributed by atoms with Gasteiger partial charge in [-0.15, -0.1) is 0 Å². The Morgan fingerprint density at radius 2 is 2.06 bits per heavy atom. The van der Waals surface area contributed by atoms with E-state index < -0.39 is 5.79 Å². The number of nitrogens with zero attached hydrogens (tertiary/aromatic N) is 5.